The minimum atomic E-state index is 0.304. The molecule has 4 heteroatoms. The van der Waals surface area contributed by atoms with Crippen LogP contribution in [0.25, 0.3) is 0 Å². The third-order valence-corrected chi connectivity index (χ3v) is 2.36. The first-order chi connectivity index (χ1) is 6.06. The van der Waals surface area contributed by atoms with Crippen LogP contribution in [0.1, 0.15) is 36.8 Å². The van der Waals surface area contributed by atoms with Gasteiger partial charge in [-0.1, -0.05) is 25.4 Å². The molecule has 0 unspecified atom stereocenters. The smallest absolute Gasteiger partial charge is 0.145 e. The van der Waals surface area contributed by atoms with Crippen LogP contribution >= 0.6 is 23.2 Å². The number of aryl methyl sites for hydroxylation is 1. The van der Waals surface area contributed by atoms with Crippen molar-refractivity contribution in [1.29, 1.82) is 0 Å². The second-order valence-electron chi connectivity index (χ2n) is 3.22. The number of alkyl halides is 1. The molecule has 1 heterocycles. The van der Waals surface area contributed by atoms with Gasteiger partial charge in [-0.25, -0.2) is 9.97 Å². The van der Waals surface area contributed by atoms with Crippen LogP contribution in [0.4, 0.5) is 0 Å². The molecule has 1 aromatic rings. The van der Waals surface area contributed by atoms with Crippen LogP contribution in [-0.2, 0) is 5.88 Å². The second-order valence-corrected chi connectivity index (χ2v) is 3.84. The molecule has 0 spiro atoms. The summed E-state index contributed by atoms with van der Waals surface area (Å²) in [6, 6.07) is 0. The molecule has 0 N–H and O–H groups in total. The van der Waals surface area contributed by atoms with Crippen LogP contribution in [-0.4, -0.2) is 9.97 Å². The Morgan fingerprint density at radius 3 is 2.31 bits per heavy atom. The average Bonchev–Trinajstić information content (AvgIpc) is 2.02. The van der Waals surface area contributed by atoms with Crippen molar-refractivity contribution in [3.8, 4) is 0 Å². The summed E-state index contributed by atoms with van der Waals surface area (Å²) >= 11 is 11.6. The largest absolute Gasteiger partial charge is 0.237 e. The summed E-state index contributed by atoms with van der Waals surface area (Å²) in [6.45, 7) is 6.06. The lowest BCUT2D eigenvalue weighted by Gasteiger charge is -2.11. The summed E-state index contributed by atoms with van der Waals surface area (Å²) in [7, 11) is 0. The Labute approximate surface area is 88.3 Å². The fourth-order valence-corrected chi connectivity index (χ4v) is 1.89. The fourth-order valence-electron chi connectivity index (χ4n) is 1.32. The van der Waals surface area contributed by atoms with Crippen LogP contribution in [0, 0.1) is 6.92 Å². The minimum Gasteiger partial charge on any atom is -0.237 e. The molecule has 1 aromatic heterocycles. The third kappa shape index (κ3) is 2.32. The molecule has 0 saturated heterocycles. The van der Waals surface area contributed by atoms with Gasteiger partial charge >= 0.3 is 0 Å². The highest BCUT2D eigenvalue weighted by Crippen LogP contribution is 2.24. The van der Waals surface area contributed by atoms with Gasteiger partial charge in [-0.3, -0.25) is 0 Å². The monoisotopic (exact) mass is 218 g/mol. The van der Waals surface area contributed by atoms with Gasteiger partial charge in [-0.2, -0.15) is 0 Å². The van der Waals surface area contributed by atoms with Gasteiger partial charge in [0, 0.05) is 11.3 Å². The van der Waals surface area contributed by atoms with E-state index in [1.54, 1.807) is 0 Å². The predicted molar refractivity (Wildman–Crippen MR) is 55.4 cm³/mol. The first kappa shape index (κ1) is 10.7. The zero-order chi connectivity index (χ0) is 10.0. The summed E-state index contributed by atoms with van der Waals surface area (Å²) < 4.78 is 0. The van der Waals surface area contributed by atoms with Gasteiger partial charge in [0.2, 0.25) is 0 Å². The molecule has 0 aliphatic rings. The van der Waals surface area contributed by atoms with Crippen molar-refractivity contribution in [1.82, 2.24) is 9.97 Å². The molecule has 0 atom stereocenters. The fraction of sp³-hybridized carbons (Fsp3) is 0.556. The first-order valence-electron chi connectivity index (χ1n) is 4.15. The van der Waals surface area contributed by atoms with Crippen molar-refractivity contribution in [3.05, 3.63) is 22.2 Å². The van der Waals surface area contributed by atoms with Crippen LogP contribution in [0.2, 0.25) is 5.15 Å². The van der Waals surface area contributed by atoms with E-state index >= 15 is 0 Å². The summed E-state index contributed by atoms with van der Waals surface area (Å²) in [5.74, 6) is 1.24. The Bertz CT molecular complexity index is 287. The lowest BCUT2D eigenvalue weighted by molar-refractivity contribution is 0.817. The molecule has 1 rings (SSSR count). The molecular weight excluding hydrogens is 207 g/mol. The van der Waals surface area contributed by atoms with Gasteiger partial charge in [-0.15, -0.1) is 11.6 Å². The summed E-state index contributed by atoms with van der Waals surface area (Å²) in [5, 5.41) is 0.526. The normalized spacial score (nSPS) is 10.9. The summed E-state index contributed by atoms with van der Waals surface area (Å²) in [6.07, 6.45) is 0. The van der Waals surface area contributed by atoms with E-state index in [0.717, 1.165) is 11.3 Å². The van der Waals surface area contributed by atoms with Gasteiger partial charge in [0.1, 0.15) is 11.0 Å². The molecule has 0 aliphatic carbocycles. The Balaban J connectivity index is 3.23. The standard InChI is InChI=1S/C9H12Cl2N2/c1-5(2)8-6(3)12-7(4-10)13-9(8)11/h5H,4H2,1-3H3. The minimum absolute atomic E-state index is 0.304. The summed E-state index contributed by atoms with van der Waals surface area (Å²) in [5.41, 5.74) is 1.93. The lowest BCUT2D eigenvalue weighted by Crippen LogP contribution is -2.02. The second kappa shape index (κ2) is 4.25. The highest BCUT2D eigenvalue weighted by Gasteiger charge is 2.12. The number of nitrogens with zero attached hydrogens (tertiary/aromatic N) is 2. The van der Waals surface area contributed by atoms with Crippen LogP contribution < -0.4 is 0 Å². The van der Waals surface area contributed by atoms with Crippen LogP contribution in [0.3, 0.4) is 0 Å². The topological polar surface area (TPSA) is 25.8 Å². The maximum Gasteiger partial charge on any atom is 0.145 e. The van der Waals surface area contributed by atoms with Crippen LogP contribution in [0.15, 0.2) is 0 Å². The Kier molecular flexibility index (Phi) is 3.51. The van der Waals surface area contributed by atoms with Crippen molar-refractivity contribution in [2.75, 3.05) is 0 Å². The molecule has 13 heavy (non-hydrogen) atoms. The van der Waals surface area contributed by atoms with Crippen molar-refractivity contribution >= 4 is 23.2 Å². The number of hydrogen-bond donors (Lipinski definition) is 0. The van der Waals surface area contributed by atoms with Gasteiger partial charge in [-0.05, 0) is 12.8 Å². The molecule has 2 nitrogen and oxygen atoms in total. The zero-order valence-corrected chi connectivity index (χ0v) is 9.45. The van der Waals surface area contributed by atoms with E-state index in [1.807, 2.05) is 6.92 Å². The highest BCUT2D eigenvalue weighted by molar-refractivity contribution is 6.30. The van der Waals surface area contributed by atoms with Gasteiger partial charge in [0.25, 0.3) is 0 Å². The first-order valence-corrected chi connectivity index (χ1v) is 5.06. The van der Waals surface area contributed by atoms with Gasteiger partial charge in [0.05, 0.1) is 5.88 Å². The van der Waals surface area contributed by atoms with E-state index in [4.69, 9.17) is 23.2 Å². The Morgan fingerprint density at radius 2 is 1.92 bits per heavy atom. The maximum absolute atomic E-state index is 6.00. The molecule has 0 amide bonds. The van der Waals surface area contributed by atoms with Crippen molar-refractivity contribution in [3.63, 3.8) is 0 Å². The van der Waals surface area contributed by atoms with E-state index in [2.05, 4.69) is 23.8 Å². The molecule has 72 valence electrons. The Hall–Kier alpha value is -0.340. The predicted octanol–water partition coefficient (Wildman–Crippen LogP) is 3.30. The molecule has 0 bridgehead atoms. The SMILES string of the molecule is Cc1nc(CCl)nc(Cl)c1C(C)C. The van der Waals surface area contributed by atoms with Crippen molar-refractivity contribution in [2.45, 2.75) is 32.6 Å². The quantitative estimate of drug-likeness (QED) is 0.563. The molecule has 0 aromatic carbocycles. The van der Waals surface area contributed by atoms with Crippen molar-refractivity contribution < 1.29 is 0 Å². The Morgan fingerprint density at radius 1 is 1.31 bits per heavy atom. The van der Waals surface area contributed by atoms with E-state index < -0.39 is 0 Å². The van der Waals surface area contributed by atoms with E-state index in [9.17, 15) is 0 Å². The molecule has 0 aliphatic heterocycles. The molecule has 0 radical (unpaired) electrons. The van der Waals surface area contributed by atoms with Gasteiger partial charge < -0.3 is 0 Å². The van der Waals surface area contributed by atoms with E-state index in [1.165, 1.54) is 0 Å². The van der Waals surface area contributed by atoms with E-state index in [-0.39, 0.29) is 0 Å². The molecular formula is C9H12Cl2N2. The third-order valence-electron chi connectivity index (χ3n) is 1.83. The zero-order valence-electron chi connectivity index (χ0n) is 7.93. The maximum atomic E-state index is 6.00. The lowest BCUT2D eigenvalue weighted by atomic mass is 10.0. The van der Waals surface area contributed by atoms with Crippen LogP contribution in [0.5, 0.6) is 0 Å². The number of halogens is 2. The van der Waals surface area contributed by atoms with E-state index in [0.29, 0.717) is 22.8 Å². The number of aromatic nitrogens is 2. The molecule has 0 saturated carbocycles. The molecule has 0 fully saturated rings. The van der Waals surface area contributed by atoms with Crippen molar-refractivity contribution in [2.24, 2.45) is 0 Å². The average molecular weight is 219 g/mol. The number of hydrogen-bond acceptors (Lipinski definition) is 2. The number of rotatable bonds is 2. The van der Waals surface area contributed by atoms with Gasteiger partial charge in [0.15, 0.2) is 0 Å². The highest BCUT2D eigenvalue weighted by atomic mass is 35.5. The summed E-state index contributed by atoms with van der Waals surface area (Å²) in [4.78, 5) is 8.34.